The standard InChI is InChI=1S/C17H23ClN4O2/c18-13-4-2-1-3-11(13)15-10-22(7-8-24-15)17(23)16-12-9-19-6-5-14(12)20-21-16/h1-4,12,14-16,19-21H,5-10H2. The van der Waals surface area contributed by atoms with Crippen molar-refractivity contribution in [2.75, 3.05) is 32.8 Å². The molecule has 6 nitrogen and oxygen atoms in total. The van der Waals surface area contributed by atoms with Gasteiger partial charge in [-0.25, -0.2) is 5.43 Å². The predicted molar refractivity (Wildman–Crippen MR) is 91.5 cm³/mol. The van der Waals surface area contributed by atoms with Crippen LogP contribution in [0.5, 0.6) is 0 Å². The molecule has 3 aliphatic rings. The smallest absolute Gasteiger partial charge is 0.241 e. The van der Waals surface area contributed by atoms with E-state index >= 15 is 0 Å². The maximum Gasteiger partial charge on any atom is 0.241 e. The van der Waals surface area contributed by atoms with E-state index in [1.165, 1.54) is 0 Å². The summed E-state index contributed by atoms with van der Waals surface area (Å²) >= 11 is 6.29. The largest absolute Gasteiger partial charge is 0.370 e. The molecule has 3 aliphatic heterocycles. The number of hydrogen-bond donors (Lipinski definition) is 3. The van der Waals surface area contributed by atoms with E-state index in [0.29, 0.717) is 36.7 Å². The Labute approximate surface area is 146 Å². The average Bonchev–Trinajstić information content (AvgIpc) is 3.06. The number of hydrogen-bond acceptors (Lipinski definition) is 5. The highest BCUT2D eigenvalue weighted by Crippen LogP contribution is 2.29. The van der Waals surface area contributed by atoms with Crippen molar-refractivity contribution in [3.8, 4) is 0 Å². The van der Waals surface area contributed by atoms with E-state index in [-0.39, 0.29) is 18.1 Å². The summed E-state index contributed by atoms with van der Waals surface area (Å²) in [5, 5.41) is 4.08. The van der Waals surface area contributed by atoms with Crippen LogP contribution < -0.4 is 16.2 Å². The minimum absolute atomic E-state index is 0.152. The van der Waals surface area contributed by atoms with Gasteiger partial charge >= 0.3 is 0 Å². The van der Waals surface area contributed by atoms with Crippen LogP contribution in [0.15, 0.2) is 24.3 Å². The van der Waals surface area contributed by atoms with Gasteiger partial charge < -0.3 is 15.0 Å². The number of amides is 1. The Morgan fingerprint density at radius 1 is 1.29 bits per heavy atom. The first-order chi connectivity index (χ1) is 11.7. The number of rotatable bonds is 2. The van der Waals surface area contributed by atoms with Crippen molar-refractivity contribution in [1.29, 1.82) is 0 Å². The molecule has 4 atom stereocenters. The van der Waals surface area contributed by atoms with Gasteiger partial charge in [-0.3, -0.25) is 10.2 Å². The Balaban J connectivity index is 1.46. The van der Waals surface area contributed by atoms with Crippen molar-refractivity contribution < 1.29 is 9.53 Å². The monoisotopic (exact) mass is 350 g/mol. The van der Waals surface area contributed by atoms with Crippen LogP contribution in [0.2, 0.25) is 5.02 Å². The number of halogens is 1. The maximum atomic E-state index is 13.0. The Morgan fingerprint density at radius 3 is 3.04 bits per heavy atom. The molecule has 3 saturated heterocycles. The first-order valence-corrected chi connectivity index (χ1v) is 8.98. The predicted octanol–water partition coefficient (Wildman–Crippen LogP) is 0.694. The lowest BCUT2D eigenvalue weighted by molar-refractivity contribution is -0.142. The topological polar surface area (TPSA) is 65.6 Å². The number of carbonyl (C=O) groups is 1. The number of morpholine rings is 1. The Kier molecular flexibility index (Phi) is 4.74. The summed E-state index contributed by atoms with van der Waals surface area (Å²) < 4.78 is 5.87. The van der Waals surface area contributed by atoms with E-state index in [4.69, 9.17) is 16.3 Å². The van der Waals surface area contributed by atoms with Crippen molar-refractivity contribution in [3.63, 3.8) is 0 Å². The SMILES string of the molecule is O=C(C1NNC2CCNCC21)N1CCOC(c2ccccc2Cl)C1. The van der Waals surface area contributed by atoms with Gasteiger partial charge in [0.15, 0.2) is 0 Å². The number of nitrogens with zero attached hydrogens (tertiary/aromatic N) is 1. The zero-order valence-electron chi connectivity index (χ0n) is 13.5. The summed E-state index contributed by atoms with van der Waals surface area (Å²) in [6.07, 6.45) is 0.887. The van der Waals surface area contributed by atoms with E-state index < -0.39 is 0 Å². The molecule has 0 saturated carbocycles. The minimum Gasteiger partial charge on any atom is -0.370 e. The maximum absolute atomic E-state index is 13.0. The Hall–Kier alpha value is -1.18. The van der Waals surface area contributed by atoms with Crippen molar-refractivity contribution in [3.05, 3.63) is 34.9 Å². The van der Waals surface area contributed by atoms with Crippen LogP contribution >= 0.6 is 11.6 Å². The van der Waals surface area contributed by atoms with Crippen LogP contribution in [0.3, 0.4) is 0 Å². The van der Waals surface area contributed by atoms with Gasteiger partial charge in [-0.1, -0.05) is 29.8 Å². The quantitative estimate of drug-likeness (QED) is 0.732. The van der Waals surface area contributed by atoms with Crippen LogP contribution in [0.25, 0.3) is 0 Å². The molecule has 3 fully saturated rings. The third kappa shape index (κ3) is 3.05. The lowest BCUT2D eigenvalue weighted by Crippen LogP contribution is -2.53. The molecule has 24 heavy (non-hydrogen) atoms. The molecule has 3 N–H and O–H groups in total. The van der Waals surface area contributed by atoms with Crippen LogP contribution in [0, 0.1) is 5.92 Å². The van der Waals surface area contributed by atoms with E-state index in [1.54, 1.807) is 0 Å². The molecule has 0 aliphatic carbocycles. The van der Waals surface area contributed by atoms with Crippen LogP contribution in [-0.2, 0) is 9.53 Å². The summed E-state index contributed by atoms with van der Waals surface area (Å²) in [6, 6.07) is 7.89. The van der Waals surface area contributed by atoms with Gasteiger partial charge in [-0.05, 0) is 19.0 Å². The number of fused-ring (bicyclic) bond motifs is 1. The summed E-state index contributed by atoms with van der Waals surface area (Å²) in [6.45, 7) is 3.59. The van der Waals surface area contributed by atoms with Gasteiger partial charge in [0, 0.05) is 35.6 Å². The van der Waals surface area contributed by atoms with Crippen LogP contribution in [0.1, 0.15) is 18.1 Å². The van der Waals surface area contributed by atoms with Crippen molar-refractivity contribution in [2.24, 2.45) is 5.92 Å². The van der Waals surface area contributed by atoms with E-state index in [0.717, 1.165) is 25.1 Å². The average molecular weight is 351 g/mol. The normalized spacial score (nSPS) is 33.3. The number of piperidine rings is 1. The molecular formula is C17H23ClN4O2. The van der Waals surface area contributed by atoms with E-state index in [1.807, 2.05) is 29.2 Å². The Morgan fingerprint density at radius 2 is 2.17 bits per heavy atom. The molecule has 1 aromatic carbocycles. The van der Waals surface area contributed by atoms with Gasteiger partial charge in [0.25, 0.3) is 0 Å². The zero-order valence-corrected chi connectivity index (χ0v) is 14.3. The zero-order chi connectivity index (χ0) is 16.5. The number of carbonyl (C=O) groups excluding carboxylic acids is 1. The highest BCUT2D eigenvalue weighted by Gasteiger charge is 2.43. The third-order valence-corrected chi connectivity index (χ3v) is 5.62. The number of nitrogens with one attached hydrogen (secondary N) is 3. The fraction of sp³-hybridized carbons (Fsp3) is 0.588. The lowest BCUT2D eigenvalue weighted by atomic mass is 9.88. The van der Waals surface area contributed by atoms with Gasteiger partial charge in [0.2, 0.25) is 5.91 Å². The van der Waals surface area contributed by atoms with E-state index in [9.17, 15) is 4.79 Å². The van der Waals surface area contributed by atoms with Crippen molar-refractivity contribution >= 4 is 17.5 Å². The fourth-order valence-corrected chi connectivity index (χ4v) is 4.19. The number of ether oxygens (including phenoxy) is 1. The summed E-state index contributed by atoms with van der Waals surface area (Å²) in [5.74, 6) is 0.451. The highest BCUT2D eigenvalue weighted by molar-refractivity contribution is 6.31. The first kappa shape index (κ1) is 16.3. The third-order valence-electron chi connectivity index (χ3n) is 5.28. The van der Waals surface area contributed by atoms with Gasteiger partial charge in [-0.15, -0.1) is 0 Å². The minimum atomic E-state index is -0.173. The van der Waals surface area contributed by atoms with Gasteiger partial charge in [0.05, 0.1) is 13.2 Å². The summed E-state index contributed by atoms with van der Waals surface area (Å²) in [5.41, 5.74) is 7.45. The summed E-state index contributed by atoms with van der Waals surface area (Å²) in [4.78, 5) is 14.9. The molecule has 3 heterocycles. The molecule has 0 spiro atoms. The number of benzene rings is 1. The van der Waals surface area contributed by atoms with Gasteiger partial charge in [0.1, 0.15) is 12.1 Å². The molecule has 130 valence electrons. The Bertz CT molecular complexity index is 614. The second-order valence-corrected chi connectivity index (χ2v) is 7.10. The molecule has 7 heteroatoms. The summed E-state index contributed by atoms with van der Waals surface area (Å²) in [7, 11) is 0. The molecule has 0 bridgehead atoms. The van der Waals surface area contributed by atoms with Gasteiger partial charge in [-0.2, -0.15) is 0 Å². The molecule has 1 amide bonds. The second kappa shape index (κ2) is 6.98. The van der Waals surface area contributed by atoms with Crippen molar-refractivity contribution in [2.45, 2.75) is 24.6 Å². The molecule has 0 radical (unpaired) electrons. The molecule has 0 aromatic heterocycles. The molecule has 4 unspecified atom stereocenters. The molecular weight excluding hydrogens is 328 g/mol. The lowest BCUT2D eigenvalue weighted by Gasteiger charge is -2.36. The highest BCUT2D eigenvalue weighted by atomic mass is 35.5. The first-order valence-electron chi connectivity index (χ1n) is 8.60. The second-order valence-electron chi connectivity index (χ2n) is 6.69. The molecule has 1 aromatic rings. The molecule has 4 rings (SSSR count). The van der Waals surface area contributed by atoms with Crippen LogP contribution in [-0.4, -0.2) is 55.7 Å². The number of hydrazine groups is 1. The van der Waals surface area contributed by atoms with Crippen LogP contribution in [0.4, 0.5) is 0 Å². The fourth-order valence-electron chi connectivity index (χ4n) is 3.93. The van der Waals surface area contributed by atoms with E-state index in [2.05, 4.69) is 16.2 Å². The van der Waals surface area contributed by atoms with Crippen molar-refractivity contribution in [1.82, 2.24) is 21.1 Å².